The van der Waals surface area contributed by atoms with E-state index in [1.807, 2.05) is 23.6 Å². The van der Waals surface area contributed by atoms with Gasteiger partial charge < -0.3 is 0 Å². The van der Waals surface area contributed by atoms with Crippen molar-refractivity contribution in [1.29, 1.82) is 0 Å². The third kappa shape index (κ3) is 2.03. The molecule has 5 rings (SSSR count). The van der Waals surface area contributed by atoms with Crippen molar-refractivity contribution in [2.24, 2.45) is 0 Å². The Bertz CT molecular complexity index is 1070. The Morgan fingerprint density at radius 1 is 1.00 bits per heavy atom. The van der Waals surface area contributed by atoms with Gasteiger partial charge in [0.25, 0.3) is 0 Å². The minimum Gasteiger partial charge on any atom is -0.256 e. The fraction of sp³-hybridized carbons (Fsp3) is 0.227. The van der Waals surface area contributed by atoms with Crippen molar-refractivity contribution >= 4 is 31.5 Å². The molecule has 2 heteroatoms. The Morgan fingerprint density at radius 3 is 2.62 bits per heavy atom. The Kier molecular flexibility index (Phi) is 2.90. The van der Waals surface area contributed by atoms with Gasteiger partial charge in [-0.25, -0.2) is 0 Å². The van der Waals surface area contributed by atoms with Crippen LogP contribution >= 0.6 is 11.3 Å². The van der Waals surface area contributed by atoms with Gasteiger partial charge in [0.05, 0.1) is 5.69 Å². The van der Waals surface area contributed by atoms with Crippen LogP contribution in [0.5, 0.6) is 0 Å². The number of hydrogen-bond donors (Lipinski definition) is 0. The zero-order valence-corrected chi connectivity index (χ0v) is 14.8. The maximum absolute atomic E-state index is 4.70. The second-order valence-electron chi connectivity index (χ2n) is 7.24. The van der Waals surface area contributed by atoms with E-state index < -0.39 is 0 Å². The van der Waals surface area contributed by atoms with Crippen LogP contribution in [0.25, 0.3) is 31.4 Å². The normalized spacial score (nSPS) is 15.9. The van der Waals surface area contributed by atoms with Gasteiger partial charge in [-0.05, 0) is 55.0 Å². The van der Waals surface area contributed by atoms with E-state index in [0.717, 1.165) is 5.69 Å². The minimum atomic E-state index is 0.327. The number of aryl methyl sites for hydroxylation is 1. The topological polar surface area (TPSA) is 12.9 Å². The number of fused-ring (bicyclic) bond motifs is 3. The summed E-state index contributed by atoms with van der Waals surface area (Å²) in [5, 5.41) is 2.74. The second-order valence-corrected chi connectivity index (χ2v) is 8.29. The van der Waals surface area contributed by atoms with E-state index >= 15 is 0 Å². The van der Waals surface area contributed by atoms with Gasteiger partial charge in [-0.3, -0.25) is 4.98 Å². The van der Waals surface area contributed by atoms with E-state index in [4.69, 9.17) is 4.98 Å². The summed E-state index contributed by atoms with van der Waals surface area (Å²) in [5.41, 5.74) is 5.57. The maximum atomic E-state index is 4.70. The van der Waals surface area contributed by atoms with Gasteiger partial charge in [0.2, 0.25) is 0 Å². The number of nitrogens with zero attached hydrogens (tertiary/aromatic N) is 1. The molecule has 0 bridgehead atoms. The summed E-state index contributed by atoms with van der Waals surface area (Å²) in [6.07, 6.45) is 4.47. The van der Waals surface area contributed by atoms with Gasteiger partial charge in [0, 0.05) is 31.9 Å². The lowest BCUT2D eigenvalue weighted by atomic mass is 9.90. The van der Waals surface area contributed by atoms with Gasteiger partial charge in [-0.2, -0.15) is 0 Å². The van der Waals surface area contributed by atoms with E-state index in [1.165, 1.54) is 49.7 Å². The molecule has 0 saturated heterocycles. The highest BCUT2D eigenvalue weighted by Crippen LogP contribution is 2.53. The van der Waals surface area contributed by atoms with E-state index in [1.54, 1.807) is 0 Å². The third-order valence-electron chi connectivity index (χ3n) is 5.37. The summed E-state index contributed by atoms with van der Waals surface area (Å²) in [7, 11) is 0. The predicted molar refractivity (Wildman–Crippen MR) is 104 cm³/mol. The first-order valence-corrected chi connectivity index (χ1v) is 9.35. The van der Waals surface area contributed by atoms with Crippen LogP contribution in [0.15, 0.2) is 54.7 Å². The molecule has 24 heavy (non-hydrogen) atoms. The van der Waals surface area contributed by atoms with Crippen molar-refractivity contribution in [3.63, 3.8) is 0 Å². The molecule has 0 radical (unpaired) electrons. The van der Waals surface area contributed by atoms with Crippen LogP contribution < -0.4 is 0 Å². The van der Waals surface area contributed by atoms with Crippen LogP contribution in [0.1, 0.15) is 30.9 Å². The van der Waals surface area contributed by atoms with Crippen molar-refractivity contribution in [3.8, 4) is 11.3 Å². The summed E-state index contributed by atoms with van der Waals surface area (Å²) in [4.78, 5) is 4.70. The summed E-state index contributed by atoms with van der Waals surface area (Å²) in [5.74, 6) is 0. The molecular formula is C22H19NS. The lowest BCUT2D eigenvalue weighted by Gasteiger charge is -2.16. The molecule has 0 aliphatic heterocycles. The molecule has 0 N–H and O–H groups in total. The van der Waals surface area contributed by atoms with Crippen molar-refractivity contribution in [2.75, 3.05) is 0 Å². The number of thiophene rings is 1. The molecule has 1 saturated carbocycles. The number of benzene rings is 2. The van der Waals surface area contributed by atoms with Crippen LogP contribution in [0.2, 0.25) is 0 Å². The van der Waals surface area contributed by atoms with Crippen molar-refractivity contribution in [1.82, 2.24) is 4.98 Å². The average molecular weight is 329 g/mol. The molecule has 1 aliphatic rings. The molecule has 4 aromatic rings. The Morgan fingerprint density at radius 2 is 1.88 bits per heavy atom. The second kappa shape index (κ2) is 4.90. The molecule has 2 aromatic carbocycles. The molecular weight excluding hydrogens is 310 g/mol. The van der Waals surface area contributed by atoms with E-state index in [9.17, 15) is 0 Å². The van der Waals surface area contributed by atoms with Gasteiger partial charge >= 0.3 is 0 Å². The SMILES string of the molecule is Cc1ccc2sc3c(-c4ccccn4)c(C4(C)CC4)ccc3c2c1. The zero-order valence-electron chi connectivity index (χ0n) is 14.0. The molecule has 0 amide bonds. The predicted octanol–water partition coefficient (Wildman–Crippen LogP) is 6.48. The van der Waals surface area contributed by atoms with E-state index in [0.29, 0.717) is 5.41 Å². The fourth-order valence-electron chi connectivity index (χ4n) is 3.68. The molecule has 0 spiro atoms. The van der Waals surface area contributed by atoms with Gasteiger partial charge in [-0.15, -0.1) is 11.3 Å². The summed E-state index contributed by atoms with van der Waals surface area (Å²) in [6.45, 7) is 4.56. The highest BCUT2D eigenvalue weighted by atomic mass is 32.1. The van der Waals surface area contributed by atoms with Crippen LogP contribution in [-0.4, -0.2) is 4.98 Å². The number of aromatic nitrogens is 1. The molecule has 0 unspecified atom stereocenters. The van der Waals surface area contributed by atoms with Crippen LogP contribution in [-0.2, 0) is 5.41 Å². The first-order valence-electron chi connectivity index (χ1n) is 8.53. The van der Waals surface area contributed by atoms with Crippen LogP contribution in [0.3, 0.4) is 0 Å². The van der Waals surface area contributed by atoms with Crippen molar-refractivity contribution in [2.45, 2.75) is 32.1 Å². The molecule has 1 nitrogen and oxygen atoms in total. The molecule has 1 aliphatic carbocycles. The smallest absolute Gasteiger partial charge is 0.0719 e. The van der Waals surface area contributed by atoms with Gasteiger partial charge in [-0.1, -0.05) is 36.8 Å². The first kappa shape index (κ1) is 14.2. The minimum absolute atomic E-state index is 0.327. The van der Waals surface area contributed by atoms with Crippen molar-refractivity contribution in [3.05, 3.63) is 65.9 Å². The van der Waals surface area contributed by atoms with Crippen LogP contribution in [0.4, 0.5) is 0 Å². The summed E-state index contributed by atoms with van der Waals surface area (Å²) >= 11 is 1.91. The lowest BCUT2D eigenvalue weighted by Crippen LogP contribution is -2.03. The van der Waals surface area contributed by atoms with E-state index in [2.05, 4.69) is 56.3 Å². The summed E-state index contributed by atoms with van der Waals surface area (Å²) in [6, 6.07) is 17.7. The Labute approximate surface area is 146 Å². The molecule has 1 fully saturated rings. The quantitative estimate of drug-likeness (QED) is 0.410. The molecule has 0 atom stereocenters. The lowest BCUT2D eigenvalue weighted by molar-refractivity contribution is 0.791. The zero-order chi connectivity index (χ0) is 16.3. The Balaban J connectivity index is 1.93. The molecule has 2 heterocycles. The monoisotopic (exact) mass is 329 g/mol. The largest absolute Gasteiger partial charge is 0.256 e. The Hall–Kier alpha value is -2.19. The molecule has 118 valence electrons. The number of hydrogen-bond acceptors (Lipinski definition) is 2. The molecule has 2 aromatic heterocycles. The van der Waals surface area contributed by atoms with Crippen LogP contribution in [0, 0.1) is 6.92 Å². The maximum Gasteiger partial charge on any atom is 0.0719 e. The number of rotatable bonds is 2. The summed E-state index contributed by atoms with van der Waals surface area (Å²) < 4.78 is 2.76. The standard InChI is InChI=1S/C22H19NS/c1-14-6-9-19-16(13-14)15-7-8-17(22(2)10-11-22)20(21(15)24-19)18-5-3-4-12-23-18/h3-9,12-13H,10-11H2,1-2H3. The highest BCUT2D eigenvalue weighted by Gasteiger charge is 2.41. The van der Waals surface area contributed by atoms with Crippen molar-refractivity contribution < 1.29 is 0 Å². The van der Waals surface area contributed by atoms with Gasteiger partial charge in [0.1, 0.15) is 0 Å². The fourth-order valence-corrected chi connectivity index (χ4v) is 4.92. The third-order valence-corrected chi connectivity index (χ3v) is 6.57. The first-order chi connectivity index (χ1) is 11.7. The van der Waals surface area contributed by atoms with Gasteiger partial charge in [0.15, 0.2) is 0 Å². The highest BCUT2D eigenvalue weighted by molar-refractivity contribution is 7.26. The van der Waals surface area contributed by atoms with E-state index in [-0.39, 0.29) is 0 Å². The number of pyridine rings is 1. The average Bonchev–Trinajstić information content (AvgIpc) is 3.25.